The van der Waals surface area contributed by atoms with Gasteiger partial charge in [0.05, 0.1) is 30.4 Å². The van der Waals surface area contributed by atoms with Gasteiger partial charge in [-0.2, -0.15) is 5.26 Å². The third kappa shape index (κ3) is 8.87. The Labute approximate surface area is 249 Å². The number of aryl methyl sites for hydroxylation is 1. The molecule has 10 nitrogen and oxygen atoms in total. The molecule has 0 bridgehead atoms. The van der Waals surface area contributed by atoms with Crippen molar-refractivity contribution in [1.82, 2.24) is 15.3 Å². The van der Waals surface area contributed by atoms with E-state index in [1.165, 1.54) is 0 Å². The normalized spacial score (nSPS) is 21.5. The molecule has 1 saturated heterocycles. The molecule has 1 aliphatic heterocycles. The Bertz CT molecular complexity index is 1200. The van der Waals surface area contributed by atoms with Gasteiger partial charge < -0.3 is 30.2 Å². The van der Waals surface area contributed by atoms with Gasteiger partial charge >= 0.3 is 5.97 Å². The van der Waals surface area contributed by atoms with Crippen molar-refractivity contribution in [3.63, 3.8) is 0 Å². The van der Waals surface area contributed by atoms with Gasteiger partial charge in [0, 0.05) is 49.6 Å². The van der Waals surface area contributed by atoms with Crippen molar-refractivity contribution in [3.05, 3.63) is 36.0 Å². The highest BCUT2D eigenvalue weighted by atomic mass is 16.6. The van der Waals surface area contributed by atoms with Crippen molar-refractivity contribution in [3.8, 4) is 17.3 Å². The maximum atomic E-state index is 11.8. The van der Waals surface area contributed by atoms with Gasteiger partial charge in [0.15, 0.2) is 6.10 Å². The largest absolute Gasteiger partial charge is 0.464 e. The van der Waals surface area contributed by atoms with E-state index in [4.69, 9.17) is 19.2 Å². The molecule has 1 saturated carbocycles. The number of carbonyl (C=O) groups is 1. The lowest BCUT2D eigenvalue weighted by molar-refractivity contribution is -0.155. The van der Waals surface area contributed by atoms with E-state index in [-0.39, 0.29) is 12.0 Å². The predicted molar refractivity (Wildman–Crippen MR) is 163 cm³/mol. The van der Waals surface area contributed by atoms with Crippen LogP contribution in [0, 0.1) is 23.7 Å². The van der Waals surface area contributed by atoms with Crippen LogP contribution in [-0.2, 0) is 19.0 Å². The molecule has 4 rings (SSSR count). The second-order valence-electron chi connectivity index (χ2n) is 11.6. The molecule has 3 N–H and O–H groups in total. The summed E-state index contributed by atoms with van der Waals surface area (Å²) < 4.78 is 16.2. The zero-order valence-electron chi connectivity index (χ0n) is 25.4. The van der Waals surface area contributed by atoms with Gasteiger partial charge in [0.2, 0.25) is 0 Å². The average molecular weight is 579 g/mol. The minimum Gasteiger partial charge on any atom is -0.464 e. The number of aromatic nitrogens is 2. The van der Waals surface area contributed by atoms with Crippen LogP contribution in [0.15, 0.2) is 30.5 Å². The van der Waals surface area contributed by atoms with Crippen LogP contribution in [0.3, 0.4) is 0 Å². The number of anilines is 2. The van der Waals surface area contributed by atoms with E-state index in [1.54, 1.807) is 13.8 Å². The molecule has 228 valence electrons. The van der Waals surface area contributed by atoms with Crippen LogP contribution in [0.4, 0.5) is 11.6 Å². The van der Waals surface area contributed by atoms with E-state index < -0.39 is 11.5 Å². The van der Waals surface area contributed by atoms with Gasteiger partial charge in [-0.25, -0.2) is 14.8 Å². The third-order valence-corrected chi connectivity index (χ3v) is 8.24. The van der Waals surface area contributed by atoms with Crippen molar-refractivity contribution in [2.24, 2.45) is 5.41 Å². The number of hydrogen-bond acceptors (Lipinski definition) is 10. The molecule has 0 unspecified atom stereocenters. The highest BCUT2D eigenvalue weighted by Gasteiger charge is 2.32. The first-order chi connectivity index (χ1) is 20.3. The molecule has 10 heteroatoms. The SMILES string of the molecule is CCOC(=O)[C@H](C)OC[C@H](C)N[C@H]1CC[C@H](Nc2cc(-c3cccc(NCC4(C#N)CCOCC4)n3)c(C)cn2)CC1. The molecule has 2 fully saturated rings. The highest BCUT2D eigenvalue weighted by molar-refractivity contribution is 5.74. The number of pyridine rings is 2. The summed E-state index contributed by atoms with van der Waals surface area (Å²) in [4.78, 5) is 21.3. The van der Waals surface area contributed by atoms with Crippen LogP contribution >= 0.6 is 0 Å². The summed E-state index contributed by atoms with van der Waals surface area (Å²) in [5, 5.41) is 20.5. The Morgan fingerprint density at radius 2 is 1.90 bits per heavy atom. The zero-order chi connectivity index (χ0) is 30.0. The summed E-state index contributed by atoms with van der Waals surface area (Å²) in [5.41, 5.74) is 2.56. The second kappa shape index (κ2) is 15.3. The number of nitriles is 1. The van der Waals surface area contributed by atoms with E-state index >= 15 is 0 Å². The topological polar surface area (TPSA) is 130 Å². The Morgan fingerprint density at radius 1 is 1.17 bits per heavy atom. The monoisotopic (exact) mass is 578 g/mol. The molecule has 0 radical (unpaired) electrons. The van der Waals surface area contributed by atoms with E-state index in [0.29, 0.717) is 45.1 Å². The molecule has 3 heterocycles. The lowest BCUT2D eigenvalue weighted by Gasteiger charge is -2.32. The number of carbonyl (C=O) groups excluding carboxylic acids is 1. The molecule has 2 aliphatic rings. The number of rotatable bonds is 13. The summed E-state index contributed by atoms with van der Waals surface area (Å²) >= 11 is 0. The lowest BCUT2D eigenvalue weighted by Crippen LogP contribution is -2.43. The summed E-state index contributed by atoms with van der Waals surface area (Å²) in [6.07, 6.45) is 7.00. The minimum atomic E-state index is -0.553. The fourth-order valence-electron chi connectivity index (χ4n) is 5.59. The van der Waals surface area contributed by atoms with Gasteiger partial charge in [0.25, 0.3) is 0 Å². The molecule has 1 aliphatic carbocycles. The van der Waals surface area contributed by atoms with Gasteiger partial charge in [-0.15, -0.1) is 0 Å². The Hall–Kier alpha value is -3.26. The lowest BCUT2D eigenvalue weighted by atomic mass is 9.82. The zero-order valence-corrected chi connectivity index (χ0v) is 25.4. The number of nitrogens with one attached hydrogen (secondary N) is 3. The van der Waals surface area contributed by atoms with E-state index in [0.717, 1.165) is 67.0 Å². The fourth-order valence-corrected chi connectivity index (χ4v) is 5.59. The van der Waals surface area contributed by atoms with Crippen LogP contribution < -0.4 is 16.0 Å². The van der Waals surface area contributed by atoms with Crippen LogP contribution in [0.25, 0.3) is 11.3 Å². The number of ether oxygens (including phenoxy) is 3. The second-order valence-corrected chi connectivity index (χ2v) is 11.6. The third-order valence-electron chi connectivity index (χ3n) is 8.24. The first kappa shape index (κ1) is 31.7. The van der Waals surface area contributed by atoms with Crippen molar-refractivity contribution in [1.29, 1.82) is 5.26 Å². The first-order valence-electron chi connectivity index (χ1n) is 15.3. The Morgan fingerprint density at radius 3 is 2.62 bits per heavy atom. The fraction of sp³-hybridized carbons (Fsp3) is 0.625. The number of nitrogens with zero attached hydrogens (tertiary/aromatic N) is 3. The van der Waals surface area contributed by atoms with Crippen LogP contribution in [0.1, 0.15) is 64.9 Å². The smallest absolute Gasteiger partial charge is 0.334 e. The van der Waals surface area contributed by atoms with E-state index in [9.17, 15) is 10.1 Å². The molecular weight excluding hydrogens is 532 g/mol. The van der Waals surface area contributed by atoms with Gasteiger partial charge in [-0.3, -0.25) is 0 Å². The van der Waals surface area contributed by atoms with Crippen molar-refractivity contribution < 1.29 is 19.0 Å². The predicted octanol–water partition coefficient (Wildman–Crippen LogP) is 4.85. The van der Waals surface area contributed by atoms with Crippen molar-refractivity contribution in [2.75, 3.05) is 43.6 Å². The van der Waals surface area contributed by atoms with Crippen LogP contribution in [-0.4, -0.2) is 73.1 Å². The Balaban J connectivity index is 1.28. The maximum absolute atomic E-state index is 11.8. The van der Waals surface area contributed by atoms with Gasteiger partial charge in [-0.05, 0) is 90.0 Å². The van der Waals surface area contributed by atoms with Crippen LogP contribution in [0.5, 0.6) is 0 Å². The van der Waals surface area contributed by atoms with Crippen molar-refractivity contribution >= 4 is 17.6 Å². The van der Waals surface area contributed by atoms with Crippen molar-refractivity contribution in [2.45, 2.75) is 90.4 Å². The summed E-state index contributed by atoms with van der Waals surface area (Å²) in [6, 6.07) is 11.5. The minimum absolute atomic E-state index is 0.151. The molecule has 42 heavy (non-hydrogen) atoms. The van der Waals surface area contributed by atoms with E-state index in [1.807, 2.05) is 24.4 Å². The molecule has 2 atom stereocenters. The Kier molecular flexibility index (Phi) is 11.5. The molecule has 0 aromatic carbocycles. The van der Waals surface area contributed by atoms with E-state index in [2.05, 4.69) is 46.9 Å². The molecule has 0 spiro atoms. The molecule has 2 aromatic rings. The average Bonchev–Trinajstić information content (AvgIpc) is 3.01. The first-order valence-corrected chi connectivity index (χ1v) is 15.3. The highest BCUT2D eigenvalue weighted by Crippen LogP contribution is 2.31. The molecular formula is C32H46N6O4. The summed E-state index contributed by atoms with van der Waals surface area (Å²) in [5.74, 6) is 1.30. The van der Waals surface area contributed by atoms with Gasteiger partial charge in [0.1, 0.15) is 11.6 Å². The molecule has 0 amide bonds. The molecule has 2 aromatic heterocycles. The summed E-state index contributed by atoms with van der Waals surface area (Å²) in [6.45, 7) is 10.3. The van der Waals surface area contributed by atoms with Gasteiger partial charge in [-0.1, -0.05) is 6.07 Å². The summed E-state index contributed by atoms with van der Waals surface area (Å²) in [7, 11) is 0. The quantitative estimate of drug-likeness (QED) is 0.284. The number of esters is 1. The number of hydrogen-bond donors (Lipinski definition) is 3. The standard InChI is InChI=1S/C32H46N6O4/c1-5-41-31(39)24(4)42-19-23(3)36-25-9-11-26(12-10-25)37-30-17-27(22(2)18-34-30)28-7-6-8-29(38-28)35-21-32(20-33)13-15-40-16-14-32/h6-8,17-18,23-26,36H,5,9-16,19,21H2,1-4H3,(H,34,37)(H,35,38)/t23-,24-,25-,26-/m0/s1. The maximum Gasteiger partial charge on any atom is 0.334 e. The van der Waals surface area contributed by atoms with Crippen LogP contribution in [0.2, 0.25) is 0 Å².